The lowest BCUT2D eigenvalue weighted by molar-refractivity contribution is 0.105. The lowest BCUT2D eigenvalue weighted by Crippen LogP contribution is -2.47. The van der Waals surface area contributed by atoms with Gasteiger partial charge in [0.1, 0.15) is 5.82 Å². The van der Waals surface area contributed by atoms with Crippen LogP contribution >= 0.6 is 11.6 Å². The summed E-state index contributed by atoms with van der Waals surface area (Å²) in [6.45, 7) is 4.64. The van der Waals surface area contributed by atoms with Crippen molar-refractivity contribution in [3.63, 3.8) is 0 Å². The highest BCUT2D eigenvalue weighted by atomic mass is 35.5. The zero-order chi connectivity index (χ0) is 19.3. The van der Waals surface area contributed by atoms with Crippen molar-refractivity contribution < 1.29 is 4.39 Å². The maximum Gasteiger partial charge on any atom is 0.124 e. The van der Waals surface area contributed by atoms with Gasteiger partial charge < -0.3 is 0 Å². The second-order valence-corrected chi connectivity index (χ2v) is 7.68. The number of halogens is 2. The van der Waals surface area contributed by atoms with Crippen LogP contribution in [0.25, 0.3) is 0 Å². The van der Waals surface area contributed by atoms with E-state index in [0.717, 1.165) is 38.3 Å². The van der Waals surface area contributed by atoms with Gasteiger partial charge >= 0.3 is 0 Å². The van der Waals surface area contributed by atoms with E-state index >= 15 is 0 Å². The summed E-state index contributed by atoms with van der Waals surface area (Å²) in [6.07, 6.45) is 0. The average Bonchev–Trinajstić information content (AvgIpc) is 2.73. The first-order valence-corrected chi connectivity index (χ1v) is 10.1. The summed E-state index contributed by atoms with van der Waals surface area (Å²) < 4.78 is 13.3. The summed E-state index contributed by atoms with van der Waals surface area (Å²) in [5.41, 5.74) is 3.63. The van der Waals surface area contributed by atoms with E-state index in [-0.39, 0.29) is 11.9 Å². The Morgan fingerprint density at radius 1 is 0.786 bits per heavy atom. The fourth-order valence-corrected chi connectivity index (χ4v) is 4.18. The van der Waals surface area contributed by atoms with Gasteiger partial charge in [-0.3, -0.25) is 9.80 Å². The minimum absolute atomic E-state index is 0.263. The molecule has 1 heterocycles. The summed E-state index contributed by atoms with van der Waals surface area (Å²) in [5.74, 6) is -0.285. The molecule has 1 aliphatic heterocycles. The second-order valence-electron chi connectivity index (χ2n) is 7.27. The van der Waals surface area contributed by atoms with E-state index in [2.05, 4.69) is 70.5 Å². The molecule has 0 bridgehead atoms. The molecule has 0 amide bonds. The Bertz CT molecular complexity index is 853. The summed E-state index contributed by atoms with van der Waals surface area (Å²) in [6, 6.07) is 26.3. The molecule has 3 aromatic rings. The molecule has 4 rings (SSSR count). The van der Waals surface area contributed by atoms with Crippen LogP contribution in [0.5, 0.6) is 0 Å². The lowest BCUT2D eigenvalue weighted by Gasteiger charge is -2.40. The third kappa shape index (κ3) is 4.44. The van der Waals surface area contributed by atoms with Gasteiger partial charge in [0.15, 0.2) is 0 Å². The van der Waals surface area contributed by atoms with Crippen molar-refractivity contribution in [3.8, 4) is 0 Å². The summed E-state index contributed by atoms with van der Waals surface area (Å²) in [7, 11) is 0. The Morgan fingerprint density at radius 3 is 1.89 bits per heavy atom. The first-order chi connectivity index (χ1) is 13.7. The zero-order valence-electron chi connectivity index (χ0n) is 15.8. The standard InChI is InChI=1S/C24H24ClFN2/c25-23-17-22(26)12-11-21(23)18-27-13-15-28(16-14-27)24(19-7-3-1-4-8-19)20-9-5-2-6-10-20/h1-12,17,24H,13-16,18H2. The topological polar surface area (TPSA) is 6.48 Å². The first kappa shape index (κ1) is 19.1. The number of nitrogens with zero attached hydrogens (tertiary/aromatic N) is 2. The molecule has 1 saturated heterocycles. The Kier molecular flexibility index (Phi) is 6.06. The molecule has 0 N–H and O–H groups in total. The molecule has 0 spiro atoms. The summed E-state index contributed by atoms with van der Waals surface area (Å²) in [5, 5.41) is 0.508. The van der Waals surface area contributed by atoms with E-state index in [1.165, 1.54) is 23.3 Å². The molecule has 2 nitrogen and oxygen atoms in total. The van der Waals surface area contributed by atoms with Crippen molar-refractivity contribution in [2.75, 3.05) is 26.2 Å². The van der Waals surface area contributed by atoms with Gasteiger partial charge in [-0.1, -0.05) is 78.3 Å². The molecule has 1 fully saturated rings. The van der Waals surface area contributed by atoms with Crippen LogP contribution in [-0.4, -0.2) is 36.0 Å². The fraction of sp³-hybridized carbons (Fsp3) is 0.250. The van der Waals surface area contributed by atoms with E-state index in [1.807, 2.05) is 0 Å². The number of rotatable bonds is 5. The Labute approximate surface area is 171 Å². The van der Waals surface area contributed by atoms with Crippen molar-refractivity contribution >= 4 is 11.6 Å². The van der Waals surface area contributed by atoms with Crippen LogP contribution in [0.4, 0.5) is 4.39 Å². The predicted molar refractivity (Wildman–Crippen MR) is 113 cm³/mol. The number of hydrogen-bond donors (Lipinski definition) is 0. The minimum atomic E-state index is -0.285. The predicted octanol–water partition coefficient (Wildman–Crippen LogP) is 5.39. The molecule has 0 radical (unpaired) electrons. The van der Waals surface area contributed by atoms with Crippen molar-refractivity contribution in [1.82, 2.24) is 9.80 Å². The van der Waals surface area contributed by atoms with Crippen LogP contribution in [0.15, 0.2) is 78.9 Å². The largest absolute Gasteiger partial charge is 0.296 e. The molecule has 4 heteroatoms. The maximum atomic E-state index is 13.3. The summed E-state index contributed by atoms with van der Waals surface area (Å²) in [4.78, 5) is 4.94. The van der Waals surface area contributed by atoms with E-state index in [0.29, 0.717) is 5.02 Å². The maximum absolute atomic E-state index is 13.3. The first-order valence-electron chi connectivity index (χ1n) is 9.71. The Morgan fingerprint density at radius 2 is 1.36 bits per heavy atom. The van der Waals surface area contributed by atoms with Crippen molar-refractivity contribution in [2.24, 2.45) is 0 Å². The van der Waals surface area contributed by atoms with Gasteiger partial charge in [-0.05, 0) is 28.8 Å². The third-order valence-electron chi connectivity index (χ3n) is 5.41. The second kappa shape index (κ2) is 8.87. The summed E-state index contributed by atoms with van der Waals surface area (Å²) >= 11 is 6.21. The molecule has 1 aliphatic rings. The number of benzene rings is 3. The highest BCUT2D eigenvalue weighted by Crippen LogP contribution is 2.30. The van der Waals surface area contributed by atoms with Crippen LogP contribution < -0.4 is 0 Å². The van der Waals surface area contributed by atoms with Crippen molar-refractivity contribution in [2.45, 2.75) is 12.6 Å². The lowest BCUT2D eigenvalue weighted by atomic mass is 9.96. The van der Waals surface area contributed by atoms with E-state index in [9.17, 15) is 4.39 Å². The Balaban J connectivity index is 1.47. The average molecular weight is 395 g/mol. The van der Waals surface area contributed by atoms with Gasteiger partial charge in [-0.15, -0.1) is 0 Å². The molecular formula is C24H24ClFN2. The number of piperazine rings is 1. The smallest absolute Gasteiger partial charge is 0.124 e. The highest BCUT2D eigenvalue weighted by Gasteiger charge is 2.26. The Hall–Kier alpha value is -2.20. The zero-order valence-corrected chi connectivity index (χ0v) is 16.5. The van der Waals surface area contributed by atoms with Crippen LogP contribution in [0.2, 0.25) is 5.02 Å². The molecule has 144 valence electrons. The van der Waals surface area contributed by atoms with Crippen LogP contribution in [0.1, 0.15) is 22.7 Å². The van der Waals surface area contributed by atoms with E-state index in [4.69, 9.17) is 11.6 Å². The van der Waals surface area contributed by atoms with Crippen molar-refractivity contribution in [3.05, 3.63) is 106 Å². The normalized spacial score (nSPS) is 15.8. The fourth-order valence-electron chi connectivity index (χ4n) is 3.96. The van der Waals surface area contributed by atoms with Gasteiger partial charge in [-0.25, -0.2) is 4.39 Å². The molecule has 0 aromatic heterocycles. The molecule has 28 heavy (non-hydrogen) atoms. The van der Waals surface area contributed by atoms with Crippen LogP contribution in [0, 0.1) is 5.82 Å². The molecule has 0 atom stereocenters. The highest BCUT2D eigenvalue weighted by molar-refractivity contribution is 6.31. The number of hydrogen-bond acceptors (Lipinski definition) is 2. The van der Waals surface area contributed by atoms with Crippen LogP contribution in [-0.2, 0) is 6.54 Å². The van der Waals surface area contributed by atoms with E-state index < -0.39 is 0 Å². The van der Waals surface area contributed by atoms with Gasteiger partial charge in [0.2, 0.25) is 0 Å². The van der Waals surface area contributed by atoms with Gasteiger partial charge in [0.25, 0.3) is 0 Å². The van der Waals surface area contributed by atoms with Gasteiger partial charge in [0, 0.05) is 37.7 Å². The molecule has 3 aromatic carbocycles. The molecule has 0 saturated carbocycles. The third-order valence-corrected chi connectivity index (χ3v) is 5.76. The van der Waals surface area contributed by atoms with E-state index in [1.54, 1.807) is 6.07 Å². The molecular weight excluding hydrogens is 371 g/mol. The van der Waals surface area contributed by atoms with Crippen molar-refractivity contribution in [1.29, 1.82) is 0 Å². The minimum Gasteiger partial charge on any atom is -0.296 e. The SMILES string of the molecule is Fc1ccc(CN2CCN(C(c3ccccc3)c3ccccc3)CC2)c(Cl)c1. The van der Waals surface area contributed by atoms with Gasteiger partial charge in [0.05, 0.1) is 6.04 Å². The van der Waals surface area contributed by atoms with Crippen LogP contribution in [0.3, 0.4) is 0 Å². The monoisotopic (exact) mass is 394 g/mol. The quantitative estimate of drug-likeness (QED) is 0.572. The molecule has 0 aliphatic carbocycles. The molecule has 0 unspecified atom stereocenters. The van der Waals surface area contributed by atoms with Gasteiger partial charge in [-0.2, -0.15) is 0 Å².